The summed E-state index contributed by atoms with van der Waals surface area (Å²) >= 11 is 5.76. The Morgan fingerprint density at radius 1 is 1.32 bits per heavy atom. The highest BCUT2D eigenvalue weighted by molar-refractivity contribution is 6.33. The number of carbonyl (C=O) groups is 1. The third-order valence-corrected chi connectivity index (χ3v) is 2.69. The molecular formula is C11H6ClF3N2O2. The van der Waals surface area contributed by atoms with E-state index in [0.29, 0.717) is 0 Å². The van der Waals surface area contributed by atoms with Crippen LogP contribution in [0.25, 0.3) is 11.3 Å². The third kappa shape index (κ3) is 2.70. The molecule has 0 aliphatic rings. The number of carboxylic acid groups (broad SMARTS) is 1. The van der Waals surface area contributed by atoms with E-state index in [1.807, 2.05) is 0 Å². The summed E-state index contributed by atoms with van der Waals surface area (Å²) in [5.41, 5.74) is -0.671. The number of hydrogen-bond acceptors (Lipinski definition) is 2. The zero-order valence-corrected chi connectivity index (χ0v) is 9.88. The number of benzene rings is 1. The predicted molar refractivity (Wildman–Crippen MR) is 61.0 cm³/mol. The van der Waals surface area contributed by atoms with Gasteiger partial charge in [0.05, 0.1) is 16.3 Å². The molecule has 2 N–H and O–H groups in total. The molecule has 2 aromatic rings. The van der Waals surface area contributed by atoms with E-state index < -0.39 is 17.7 Å². The van der Waals surface area contributed by atoms with Crippen molar-refractivity contribution in [2.24, 2.45) is 0 Å². The minimum atomic E-state index is -4.49. The van der Waals surface area contributed by atoms with Crippen molar-refractivity contribution in [3.8, 4) is 11.3 Å². The van der Waals surface area contributed by atoms with Crippen LogP contribution in [0.3, 0.4) is 0 Å². The topological polar surface area (TPSA) is 66.0 Å². The van der Waals surface area contributed by atoms with Gasteiger partial charge in [-0.1, -0.05) is 17.7 Å². The molecule has 1 aromatic carbocycles. The van der Waals surface area contributed by atoms with E-state index in [1.165, 1.54) is 6.07 Å². The van der Waals surface area contributed by atoms with Crippen molar-refractivity contribution in [2.45, 2.75) is 6.18 Å². The van der Waals surface area contributed by atoms with Gasteiger partial charge in [-0.15, -0.1) is 0 Å². The first-order chi connectivity index (χ1) is 8.79. The van der Waals surface area contributed by atoms with E-state index in [1.54, 1.807) is 0 Å². The number of halogens is 4. The Balaban J connectivity index is 2.43. The summed E-state index contributed by atoms with van der Waals surface area (Å²) in [6.45, 7) is 0. The van der Waals surface area contributed by atoms with Crippen molar-refractivity contribution >= 4 is 17.6 Å². The maximum atomic E-state index is 12.5. The molecule has 0 aliphatic heterocycles. The van der Waals surface area contributed by atoms with Gasteiger partial charge in [-0.2, -0.15) is 18.3 Å². The average Bonchev–Trinajstić information content (AvgIpc) is 2.76. The lowest BCUT2D eigenvalue weighted by Crippen LogP contribution is -2.04. The van der Waals surface area contributed by atoms with E-state index in [9.17, 15) is 18.0 Å². The highest BCUT2D eigenvalue weighted by atomic mass is 35.5. The fourth-order valence-corrected chi connectivity index (χ4v) is 1.75. The molecule has 0 aliphatic carbocycles. The van der Waals surface area contributed by atoms with Crippen LogP contribution in [-0.4, -0.2) is 21.3 Å². The maximum absolute atomic E-state index is 12.5. The van der Waals surface area contributed by atoms with E-state index in [4.69, 9.17) is 16.7 Å². The molecule has 0 bridgehead atoms. The second kappa shape index (κ2) is 4.58. The van der Waals surface area contributed by atoms with Gasteiger partial charge in [0.15, 0.2) is 0 Å². The number of carboxylic acids is 1. The van der Waals surface area contributed by atoms with E-state index in [0.717, 1.165) is 18.2 Å². The molecule has 1 aromatic heterocycles. The van der Waals surface area contributed by atoms with Crippen LogP contribution in [0.5, 0.6) is 0 Å². The number of alkyl halides is 3. The lowest BCUT2D eigenvalue weighted by molar-refractivity contribution is -0.137. The zero-order valence-electron chi connectivity index (χ0n) is 9.12. The van der Waals surface area contributed by atoms with Crippen molar-refractivity contribution in [3.05, 3.63) is 40.5 Å². The highest BCUT2D eigenvalue weighted by Crippen LogP contribution is 2.35. The quantitative estimate of drug-likeness (QED) is 0.890. The Labute approximate surface area is 109 Å². The normalized spacial score (nSPS) is 11.6. The van der Waals surface area contributed by atoms with Crippen molar-refractivity contribution in [1.82, 2.24) is 10.2 Å². The van der Waals surface area contributed by atoms with Gasteiger partial charge >= 0.3 is 12.1 Å². The van der Waals surface area contributed by atoms with Gasteiger partial charge in [0.1, 0.15) is 5.69 Å². The molecule has 0 atom stereocenters. The molecule has 100 valence electrons. The molecule has 4 nitrogen and oxygen atoms in total. The predicted octanol–water partition coefficient (Wildman–Crippen LogP) is 3.45. The van der Waals surface area contributed by atoms with Crippen molar-refractivity contribution in [1.29, 1.82) is 0 Å². The van der Waals surface area contributed by atoms with Crippen LogP contribution >= 0.6 is 11.6 Å². The average molecular weight is 291 g/mol. The Morgan fingerprint density at radius 2 is 2.00 bits per heavy atom. The lowest BCUT2D eigenvalue weighted by Gasteiger charge is -2.08. The Hall–Kier alpha value is -2.02. The summed E-state index contributed by atoms with van der Waals surface area (Å²) in [6.07, 6.45) is -4.49. The molecule has 0 fully saturated rings. The van der Waals surface area contributed by atoms with Crippen molar-refractivity contribution in [2.75, 3.05) is 0 Å². The molecule has 0 unspecified atom stereocenters. The summed E-state index contributed by atoms with van der Waals surface area (Å²) in [5, 5.41) is 14.5. The molecule has 0 spiro atoms. The van der Waals surface area contributed by atoms with Crippen LogP contribution in [0.4, 0.5) is 13.2 Å². The number of hydrogen-bond donors (Lipinski definition) is 2. The van der Waals surface area contributed by atoms with E-state index >= 15 is 0 Å². The fraction of sp³-hybridized carbons (Fsp3) is 0.0909. The van der Waals surface area contributed by atoms with Crippen molar-refractivity contribution < 1.29 is 23.1 Å². The summed E-state index contributed by atoms with van der Waals surface area (Å²) in [7, 11) is 0. The number of nitrogens with one attached hydrogen (secondary N) is 1. The molecule has 0 saturated heterocycles. The molecule has 19 heavy (non-hydrogen) atoms. The van der Waals surface area contributed by atoms with Gasteiger partial charge in [-0.25, -0.2) is 4.79 Å². The van der Waals surface area contributed by atoms with Gasteiger partial charge in [0, 0.05) is 5.56 Å². The Morgan fingerprint density at radius 3 is 2.47 bits per heavy atom. The summed E-state index contributed by atoms with van der Waals surface area (Å²) in [6, 6.07) is 3.96. The van der Waals surface area contributed by atoms with E-state index in [2.05, 4.69) is 10.2 Å². The number of rotatable bonds is 2. The molecule has 0 radical (unpaired) electrons. The fourth-order valence-electron chi connectivity index (χ4n) is 1.47. The van der Waals surface area contributed by atoms with Gasteiger partial charge in [0.2, 0.25) is 0 Å². The maximum Gasteiger partial charge on any atom is 0.416 e. The molecule has 8 heteroatoms. The number of H-pyrrole nitrogens is 1. The van der Waals surface area contributed by atoms with E-state index in [-0.39, 0.29) is 22.0 Å². The summed E-state index contributed by atoms with van der Waals surface area (Å²) in [4.78, 5) is 10.7. The van der Waals surface area contributed by atoms with Gasteiger partial charge in [0.25, 0.3) is 0 Å². The Bertz CT molecular complexity index is 637. The monoisotopic (exact) mass is 290 g/mol. The third-order valence-electron chi connectivity index (χ3n) is 2.38. The first-order valence-electron chi connectivity index (χ1n) is 4.95. The lowest BCUT2D eigenvalue weighted by atomic mass is 10.1. The molecule has 0 saturated carbocycles. The molecule has 0 amide bonds. The number of aromatic amines is 1. The summed E-state index contributed by atoms with van der Waals surface area (Å²) < 4.78 is 37.4. The smallest absolute Gasteiger partial charge is 0.416 e. The number of aromatic nitrogens is 2. The second-order valence-corrected chi connectivity index (χ2v) is 4.07. The standard InChI is InChI=1S/C11H6ClF3N2O2/c12-7-3-5(11(13,14)15)1-2-6(7)8-4-9(10(18)19)17-16-8/h1-4H,(H,16,17)(H,18,19). The van der Waals surface area contributed by atoms with Crippen LogP contribution < -0.4 is 0 Å². The van der Waals surface area contributed by atoms with Crippen LogP contribution in [0, 0.1) is 0 Å². The first-order valence-corrected chi connectivity index (χ1v) is 5.32. The Kier molecular flexibility index (Phi) is 3.23. The second-order valence-electron chi connectivity index (χ2n) is 3.66. The van der Waals surface area contributed by atoms with Crippen LogP contribution in [0.2, 0.25) is 5.02 Å². The minimum absolute atomic E-state index is 0.154. The molecular weight excluding hydrogens is 285 g/mol. The SMILES string of the molecule is O=C(O)c1cc(-c2ccc(C(F)(F)F)cc2Cl)n[nH]1. The van der Waals surface area contributed by atoms with Gasteiger partial charge in [-0.3, -0.25) is 5.10 Å². The largest absolute Gasteiger partial charge is 0.477 e. The van der Waals surface area contributed by atoms with Crippen LogP contribution in [0.15, 0.2) is 24.3 Å². The number of aromatic carboxylic acids is 1. The number of nitrogens with zero attached hydrogens (tertiary/aromatic N) is 1. The minimum Gasteiger partial charge on any atom is -0.477 e. The highest BCUT2D eigenvalue weighted by Gasteiger charge is 2.31. The molecule has 2 rings (SSSR count). The van der Waals surface area contributed by atoms with Crippen LogP contribution in [-0.2, 0) is 6.18 Å². The zero-order chi connectivity index (χ0) is 14.2. The van der Waals surface area contributed by atoms with Gasteiger partial charge in [-0.05, 0) is 18.2 Å². The van der Waals surface area contributed by atoms with Crippen LogP contribution in [0.1, 0.15) is 16.1 Å². The summed E-state index contributed by atoms with van der Waals surface area (Å²) in [5.74, 6) is -1.22. The van der Waals surface area contributed by atoms with Crippen molar-refractivity contribution in [3.63, 3.8) is 0 Å². The first kappa shape index (κ1) is 13.4. The van der Waals surface area contributed by atoms with Gasteiger partial charge < -0.3 is 5.11 Å². The molecule has 1 heterocycles.